The molecule has 7 heteroatoms. The summed E-state index contributed by atoms with van der Waals surface area (Å²) >= 11 is 8.26. The highest BCUT2D eigenvalue weighted by Crippen LogP contribution is 2.26. The Kier molecular flexibility index (Phi) is 5.09. The van der Waals surface area contributed by atoms with E-state index in [0.717, 1.165) is 15.9 Å². The van der Waals surface area contributed by atoms with Gasteiger partial charge in [0, 0.05) is 24.0 Å². The van der Waals surface area contributed by atoms with Crippen LogP contribution in [0.3, 0.4) is 0 Å². The fourth-order valence-electron chi connectivity index (χ4n) is 1.58. The van der Waals surface area contributed by atoms with E-state index in [1.165, 1.54) is 4.88 Å². The van der Waals surface area contributed by atoms with Crippen LogP contribution in [-0.4, -0.2) is 4.92 Å². The molecular formula is C12H10Br2N2O2S. The largest absolute Gasteiger partial charge is 0.308 e. The van der Waals surface area contributed by atoms with Gasteiger partial charge in [0.15, 0.2) is 0 Å². The Morgan fingerprint density at radius 3 is 2.63 bits per heavy atom. The summed E-state index contributed by atoms with van der Waals surface area (Å²) < 4.78 is 1.60. The molecule has 1 aromatic heterocycles. The Hall–Kier alpha value is -0.760. The molecule has 0 atom stereocenters. The third kappa shape index (κ3) is 4.10. The van der Waals surface area contributed by atoms with E-state index < -0.39 is 0 Å². The number of hydrogen-bond donors (Lipinski definition) is 1. The van der Waals surface area contributed by atoms with Crippen molar-refractivity contribution < 1.29 is 4.92 Å². The third-order valence-electron chi connectivity index (χ3n) is 2.46. The zero-order valence-corrected chi connectivity index (χ0v) is 13.7. The summed E-state index contributed by atoms with van der Waals surface area (Å²) in [5.74, 6) is 0. The molecule has 4 nitrogen and oxygen atoms in total. The summed E-state index contributed by atoms with van der Waals surface area (Å²) in [4.78, 5) is 11.7. The smallest absolute Gasteiger partial charge is 0.283 e. The Balaban J connectivity index is 1.96. The molecule has 0 amide bonds. The second-order valence-corrected chi connectivity index (χ2v) is 7.25. The fraction of sp³-hybridized carbons (Fsp3) is 0.167. The summed E-state index contributed by atoms with van der Waals surface area (Å²) in [5.41, 5.74) is 0.990. The molecule has 0 radical (unpaired) electrons. The molecule has 0 aliphatic carbocycles. The van der Waals surface area contributed by atoms with E-state index in [1.807, 2.05) is 18.2 Å². The minimum Gasteiger partial charge on any atom is -0.308 e. The van der Waals surface area contributed by atoms with Crippen molar-refractivity contribution in [3.8, 4) is 0 Å². The van der Waals surface area contributed by atoms with Crippen LogP contribution in [0, 0.1) is 10.1 Å². The Morgan fingerprint density at radius 1 is 1.21 bits per heavy atom. The molecule has 19 heavy (non-hydrogen) atoms. The molecule has 0 saturated carbocycles. The third-order valence-corrected chi connectivity index (χ3v) is 4.76. The number of thiophene rings is 1. The monoisotopic (exact) mass is 404 g/mol. The van der Waals surface area contributed by atoms with Crippen LogP contribution < -0.4 is 5.32 Å². The molecule has 0 spiro atoms. The number of hydrogen-bond acceptors (Lipinski definition) is 4. The molecule has 100 valence electrons. The van der Waals surface area contributed by atoms with E-state index in [1.54, 1.807) is 23.5 Å². The van der Waals surface area contributed by atoms with Gasteiger partial charge in [0.2, 0.25) is 0 Å². The molecule has 1 aromatic carbocycles. The van der Waals surface area contributed by atoms with E-state index in [2.05, 4.69) is 37.2 Å². The molecule has 0 aliphatic rings. The summed E-state index contributed by atoms with van der Waals surface area (Å²) in [5, 5.41) is 14.1. The SMILES string of the molecule is O=[N+]([O-])c1cc(CNCc2ccc(Br)s2)ccc1Br. The fourth-order valence-corrected chi connectivity index (χ4v) is 3.43. The Morgan fingerprint density at radius 2 is 2.00 bits per heavy atom. The van der Waals surface area contributed by atoms with Gasteiger partial charge in [0.05, 0.1) is 13.2 Å². The van der Waals surface area contributed by atoms with E-state index in [9.17, 15) is 10.1 Å². The molecule has 0 saturated heterocycles. The highest BCUT2D eigenvalue weighted by atomic mass is 79.9. The van der Waals surface area contributed by atoms with Crippen LogP contribution in [0.1, 0.15) is 10.4 Å². The molecule has 0 bridgehead atoms. The van der Waals surface area contributed by atoms with Gasteiger partial charge in [-0.3, -0.25) is 10.1 Å². The molecule has 2 aromatic rings. The van der Waals surface area contributed by atoms with Gasteiger partial charge >= 0.3 is 0 Å². The quantitative estimate of drug-likeness (QED) is 0.589. The Labute approximate surface area is 131 Å². The van der Waals surface area contributed by atoms with Crippen molar-refractivity contribution >= 4 is 48.9 Å². The van der Waals surface area contributed by atoms with Crippen molar-refractivity contribution in [1.82, 2.24) is 5.32 Å². The van der Waals surface area contributed by atoms with Gasteiger partial charge in [-0.15, -0.1) is 11.3 Å². The number of halogens is 2. The summed E-state index contributed by atoms with van der Waals surface area (Å²) in [6.45, 7) is 1.35. The number of benzene rings is 1. The van der Waals surface area contributed by atoms with Gasteiger partial charge in [0.1, 0.15) is 0 Å². The summed E-state index contributed by atoms with van der Waals surface area (Å²) in [6, 6.07) is 9.21. The van der Waals surface area contributed by atoms with Crippen LogP contribution in [0.15, 0.2) is 38.6 Å². The minimum absolute atomic E-state index is 0.0955. The normalized spacial score (nSPS) is 10.6. The van der Waals surface area contributed by atoms with Gasteiger partial charge in [0.25, 0.3) is 5.69 Å². The van der Waals surface area contributed by atoms with Crippen LogP contribution >= 0.6 is 43.2 Å². The summed E-state index contributed by atoms with van der Waals surface area (Å²) in [6.07, 6.45) is 0. The molecule has 0 fully saturated rings. The van der Waals surface area contributed by atoms with Crippen LogP contribution in [0.5, 0.6) is 0 Å². The maximum atomic E-state index is 10.8. The second-order valence-electron chi connectivity index (χ2n) is 3.85. The number of nitro groups is 1. The first-order valence-corrected chi connectivity index (χ1v) is 7.84. The van der Waals surface area contributed by atoms with Gasteiger partial charge in [-0.25, -0.2) is 0 Å². The summed E-state index contributed by atoms with van der Waals surface area (Å²) in [7, 11) is 0. The van der Waals surface area contributed by atoms with Crippen molar-refractivity contribution in [2.75, 3.05) is 0 Å². The number of nitrogens with one attached hydrogen (secondary N) is 1. The van der Waals surface area contributed by atoms with Crippen molar-refractivity contribution in [3.05, 3.63) is 59.1 Å². The topological polar surface area (TPSA) is 55.2 Å². The first-order valence-electron chi connectivity index (χ1n) is 5.44. The van der Waals surface area contributed by atoms with Gasteiger partial charge < -0.3 is 5.32 Å². The van der Waals surface area contributed by atoms with E-state index in [4.69, 9.17) is 0 Å². The maximum Gasteiger partial charge on any atom is 0.283 e. The van der Waals surface area contributed by atoms with E-state index in [0.29, 0.717) is 11.0 Å². The predicted octanol–water partition coefficient (Wildman–Crippen LogP) is 4.47. The average Bonchev–Trinajstić information content (AvgIpc) is 2.77. The van der Waals surface area contributed by atoms with Crippen molar-refractivity contribution in [1.29, 1.82) is 0 Å². The lowest BCUT2D eigenvalue weighted by Crippen LogP contribution is -2.11. The lowest BCUT2D eigenvalue weighted by Gasteiger charge is -2.04. The van der Waals surface area contributed by atoms with Crippen LogP contribution in [0.2, 0.25) is 0 Å². The van der Waals surface area contributed by atoms with Crippen LogP contribution in [0.25, 0.3) is 0 Å². The van der Waals surface area contributed by atoms with Crippen LogP contribution in [0.4, 0.5) is 5.69 Å². The zero-order chi connectivity index (χ0) is 13.8. The van der Waals surface area contributed by atoms with Gasteiger partial charge in [-0.1, -0.05) is 6.07 Å². The van der Waals surface area contributed by atoms with Crippen molar-refractivity contribution in [2.24, 2.45) is 0 Å². The number of nitro benzene ring substituents is 1. The highest BCUT2D eigenvalue weighted by Gasteiger charge is 2.11. The van der Waals surface area contributed by atoms with E-state index >= 15 is 0 Å². The zero-order valence-electron chi connectivity index (χ0n) is 9.73. The molecule has 1 heterocycles. The molecule has 0 aliphatic heterocycles. The van der Waals surface area contributed by atoms with E-state index in [-0.39, 0.29) is 10.6 Å². The minimum atomic E-state index is -0.385. The average molecular weight is 406 g/mol. The molecule has 1 N–H and O–H groups in total. The number of rotatable bonds is 5. The molecule has 2 rings (SSSR count). The number of nitrogens with zero attached hydrogens (tertiary/aromatic N) is 1. The maximum absolute atomic E-state index is 10.8. The first-order chi connectivity index (χ1) is 9.06. The molecular weight excluding hydrogens is 396 g/mol. The lowest BCUT2D eigenvalue weighted by atomic mass is 10.2. The molecule has 0 unspecified atom stereocenters. The van der Waals surface area contributed by atoms with Gasteiger partial charge in [-0.2, -0.15) is 0 Å². The highest BCUT2D eigenvalue weighted by molar-refractivity contribution is 9.11. The standard InChI is InChI=1S/C12H10Br2N2O2S/c13-10-3-1-8(5-11(10)16(17)18)6-15-7-9-2-4-12(14)19-9/h1-5,15H,6-7H2. The Bertz CT molecular complexity index is 601. The first kappa shape index (κ1) is 14.6. The second kappa shape index (κ2) is 6.60. The lowest BCUT2D eigenvalue weighted by molar-refractivity contribution is -0.385. The van der Waals surface area contributed by atoms with Gasteiger partial charge in [-0.05, 0) is 55.6 Å². The van der Waals surface area contributed by atoms with Crippen molar-refractivity contribution in [3.63, 3.8) is 0 Å². The van der Waals surface area contributed by atoms with Crippen molar-refractivity contribution in [2.45, 2.75) is 13.1 Å². The predicted molar refractivity (Wildman–Crippen MR) is 83.4 cm³/mol. The van der Waals surface area contributed by atoms with Crippen LogP contribution in [-0.2, 0) is 13.1 Å².